The van der Waals surface area contributed by atoms with E-state index >= 15 is 0 Å². The molecule has 4 unspecified atom stereocenters. The van der Waals surface area contributed by atoms with E-state index in [0.29, 0.717) is 0 Å². The monoisotopic (exact) mass is 569 g/mol. The lowest BCUT2D eigenvalue weighted by Gasteiger charge is -2.49. The highest BCUT2D eigenvalue weighted by Crippen LogP contribution is 2.54. The number of aliphatic imine (C=N–C) groups is 2. The zero-order valence-electron chi connectivity index (χ0n) is 24.1. The summed E-state index contributed by atoms with van der Waals surface area (Å²) in [6.45, 7) is 0. The summed E-state index contributed by atoms with van der Waals surface area (Å²) in [6, 6.07) is 48.8. The van der Waals surface area contributed by atoms with Crippen LogP contribution >= 0.6 is 0 Å². The second-order valence-corrected chi connectivity index (χ2v) is 11.4. The van der Waals surface area contributed by atoms with Gasteiger partial charge in [0.15, 0.2) is 6.17 Å². The van der Waals surface area contributed by atoms with E-state index in [1.807, 2.05) is 36.4 Å². The summed E-state index contributed by atoms with van der Waals surface area (Å²) in [7, 11) is 0. The summed E-state index contributed by atoms with van der Waals surface area (Å²) in [4.78, 5) is 10.2. The zero-order chi connectivity index (χ0) is 29.3. The van der Waals surface area contributed by atoms with Gasteiger partial charge in [-0.05, 0) is 34.9 Å². The molecule has 2 aliphatic heterocycles. The van der Waals surface area contributed by atoms with Crippen LogP contribution in [0.3, 0.4) is 0 Å². The summed E-state index contributed by atoms with van der Waals surface area (Å²) in [5, 5.41) is 3.59. The molecular weight excluding hydrogens is 538 g/mol. The van der Waals surface area contributed by atoms with Crippen LogP contribution in [0.2, 0.25) is 0 Å². The minimum absolute atomic E-state index is 0.0554. The Morgan fingerprint density at radius 2 is 1.18 bits per heavy atom. The molecule has 1 N–H and O–H groups in total. The highest BCUT2D eigenvalue weighted by Gasteiger charge is 2.51. The normalized spacial score (nSPS) is 23.3. The molecular formula is C40H31N3O. The molecule has 2 heterocycles. The maximum atomic E-state index is 6.62. The smallest absolute Gasteiger partial charge is 0.169 e. The number of benzene rings is 5. The SMILES string of the molecule is C1=CC2Oc3ccccc3C(c3ccccc3)(c3cccc(C4=NC(c5ccccc5)N=C(c5ccccc5)N4)c3)C2C=C1. The number of ether oxygens (including phenoxy) is 1. The molecule has 0 radical (unpaired) electrons. The first-order chi connectivity index (χ1) is 21.8. The molecule has 4 atom stereocenters. The molecule has 1 aliphatic carbocycles. The third-order valence-electron chi connectivity index (χ3n) is 8.86. The standard InChI is InChI=1S/C40H31N3O/c1-4-15-28(16-5-1)37-41-38(29-17-6-2-7-18-29)43-39(42-37)30-19-14-22-32(27-30)40(31-20-8-3-9-21-31)33-23-10-12-25-35(33)44-36-26-13-11-24-34(36)40/h1-27,33,35,37H,(H,41,42,43). The Kier molecular flexibility index (Phi) is 6.53. The van der Waals surface area contributed by atoms with Crippen LogP contribution in [-0.4, -0.2) is 17.8 Å². The van der Waals surface area contributed by atoms with Gasteiger partial charge in [-0.2, -0.15) is 0 Å². The molecule has 3 aliphatic rings. The molecule has 0 fully saturated rings. The molecule has 4 heteroatoms. The summed E-state index contributed by atoms with van der Waals surface area (Å²) in [6.07, 6.45) is 8.29. The Morgan fingerprint density at radius 1 is 0.568 bits per heavy atom. The van der Waals surface area contributed by atoms with Crippen molar-refractivity contribution in [3.05, 3.63) is 197 Å². The predicted molar refractivity (Wildman–Crippen MR) is 177 cm³/mol. The molecule has 44 heavy (non-hydrogen) atoms. The second-order valence-electron chi connectivity index (χ2n) is 11.4. The van der Waals surface area contributed by atoms with Gasteiger partial charge in [0.2, 0.25) is 0 Å². The highest BCUT2D eigenvalue weighted by molar-refractivity contribution is 6.16. The van der Waals surface area contributed by atoms with Crippen LogP contribution < -0.4 is 10.1 Å². The Balaban J connectivity index is 1.32. The lowest BCUT2D eigenvalue weighted by atomic mass is 9.58. The number of hydrogen-bond donors (Lipinski definition) is 1. The molecule has 5 aromatic carbocycles. The summed E-state index contributed by atoms with van der Waals surface area (Å²) < 4.78 is 6.62. The van der Waals surface area contributed by atoms with E-state index in [9.17, 15) is 0 Å². The van der Waals surface area contributed by atoms with Gasteiger partial charge in [-0.25, -0.2) is 9.98 Å². The maximum Gasteiger partial charge on any atom is 0.169 e. The van der Waals surface area contributed by atoms with Crippen molar-refractivity contribution in [3.63, 3.8) is 0 Å². The fourth-order valence-electron chi connectivity index (χ4n) is 6.90. The molecule has 0 saturated carbocycles. The molecule has 212 valence electrons. The quantitative estimate of drug-likeness (QED) is 0.233. The van der Waals surface area contributed by atoms with E-state index in [1.54, 1.807) is 0 Å². The first-order valence-electron chi connectivity index (χ1n) is 15.1. The lowest BCUT2D eigenvalue weighted by Crippen LogP contribution is -2.48. The highest BCUT2D eigenvalue weighted by atomic mass is 16.5. The van der Waals surface area contributed by atoms with Crippen LogP contribution in [0.1, 0.15) is 39.5 Å². The Morgan fingerprint density at radius 3 is 1.98 bits per heavy atom. The summed E-state index contributed by atoms with van der Waals surface area (Å²) >= 11 is 0. The first-order valence-corrected chi connectivity index (χ1v) is 15.1. The van der Waals surface area contributed by atoms with Crippen LogP contribution in [0.25, 0.3) is 0 Å². The molecule has 5 aromatic rings. The van der Waals surface area contributed by atoms with E-state index < -0.39 is 5.41 Å². The third kappa shape index (κ3) is 4.38. The average Bonchev–Trinajstić information content (AvgIpc) is 3.11. The summed E-state index contributed by atoms with van der Waals surface area (Å²) in [5.41, 5.74) is 6.19. The van der Waals surface area contributed by atoms with Crippen molar-refractivity contribution < 1.29 is 4.74 Å². The van der Waals surface area contributed by atoms with Gasteiger partial charge in [0.25, 0.3) is 0 Å². The molecule has 0 spiro atoms. The van der Waals surface area contributed by atoms with Gasteiger partial charge >= 0.3 is 0 Å². The van der Waals surface area contributed by atoms with Crippen molar-refractivity contribution in [1.29, 1.82) is 0 Å². The largest absolute Gasteiger partial charge is 0.485 e. The number of fused-ring (bicyclic) bond motifs is 2. The van der Waals surface area contributed by atoms with Crippen molar-refractivity contribution in [2.45, 2.75) is 17.7 Å². The minimum Gasteiger partial charge on any atom is -0.485 e. The first kappa shape index (κ1) is 26.2. The van der Waals surface area contributed by atoms with Gasteiger partial charge in [-0.3, -0.25) is 0 Å². The van der Waals surface area contributed by atoms with Gasteiger partial charge in [0.1, 0.15) is 23.5 Å². The van der Waals surface area contributed by atoms with Gasteiger partial charge in [0, 0.05) is 22.6 Å². The average molecular weight is 570 g/mol. The number of amidine groups is 2. The number of nitrogens with one attached hydrogen (secondary N) is 1. The van der Waals surface area contributed by atoms with E-state index in [-0.39, 0.29) is 18.2 Å². The van der Waals surface area contributed by atoms with Gasteiger partial charge in [-0.15, -0.1) is 0 Å². The lowest BCUT2D eigenvalue weighted by molar-refractivity contribution is 0.140. The number of allylic oxidation sites excluding steroid dienone is 2. The fraction of sp³-hybridized carbons (Fsp3) is 0.100. The Bertz CT molecular complexity index is 1930. The molecule has 0 bridgehead atoms. The van der Waals surface area contributed by atoms with Crippen LogP contribution in [0.5, 0.6) is 5.75 Å². The van der Waals surface area contributed by atoms with E-state index in [1.165, 1.54) is 11.1 Å². The number of nitrogens with zero attached hydrogens (tertiary/aromatic N) is 2. The van der Waals surface area contributed by atoms with Crippen molar-refractivity contribution in [1.82, 2.24) is 5.32 Å². The number of para-hydroxylation sites is 1. The Hall–Kier alpha value is -5.48. The van der Waals surface area contributed by atoms with E-state index in [2.05, 4.69) is 133 Å². The molecule has 8 rings (SSSR count). The van der Waals surface area contributed by atoms with Crippen molar-refractivity contribution in [2.75, 3.05) is 0 Å². The molecule has 0 saturated heterocycles. The van der Waals surface area contributed by atoms with Crippen LogP contribution in [0, 0.1) is 5.92 Å². The minimum atomic E-state index is -0.484. The molecule has 0 amide bonds. The van der Waals surface area contributed by atoms with Crippen molar-refractivity contribution in [3.8, 4) is 5.75 Å². The maximum absolute atomic E-state index is 6.62. The van der Waals surface area contributed by atoms with Gasteiger partial charge < -0.3 is 10.1 Å². The van der Waals surface area contributed by atoms with Crippen LogP contribution in [0.15, 0.2) is 174 Å². The van der Waals surface area contributed by atoms with E-state index in [0.717, 1.165) is 39.7 Å². The molecule has 0 aromatic heterocycles. The van der Waals surface area contributed by atoms with Crippen LogP contribution in [0.4, 0.5) is 0 Å². The summed E-state index contributed by atoms with van der Waals surface area (Å²) in [5.74, 6) is 2.58. The predicted octanol–water partition coefficient (Wildman–Crippen LogP) is 8.02. The van der Waals surface area contributed by atoms with Crippen molar-refractivity contribution >= 4 is 11.7 Å². The van der Waals surface area contributed by atoms with Crippen molar-refractivity contribution in [2.24, 2.45) is 15.9 Å². The van der Waals surface area contributed by atoms with Gasteiger partial charge in [0.05, 0.1) is 5.41 Å². The van der Waals surface area contributed by atoms with Gasteiger partial charge in [-0.1, -0.05) is 146 Å². The Labute approximate surface area is 257 Å². The number of rotatable bonds is 5. The zero-order valence-corrected chi connectivity index (χ0v) is 24.1. The van der Waals surface area contributed by atoms with E-state index in [4.69, 9.17) is 14.7 Å². The topological polar surface area (TPSA) is 46.0 Å². The second kappa shape index (κ2) is 11.0. The van der Waals surface area contributed by atoms with Crippen LogP contribution in [-0.2, 0) is 5.41 Å². The number of hydrogen-bond acceptors (Lipinski definition) is 4. The third-order valence-corrected chi connectivity index (χ3v) is 8.86. The fourth-order valence-corrected chi connectivity index (χ4v) is 6.90. The molecule has 4 nitrogen and oxygen atoms in total.